The quantitative estimate of drug-likeness (QED) is 0.570. The van der Waals surface area contributed by atoms with Gasteiger partial charge in [-0.15, -0.1) is 5.10 Å². The number of amides is 1. The summed E-state index contributed by atoms with van der Waals surface area (Å²) in [6.07, 6.45) is 0.641. The molecule has 0 radical (unpaired) electrons. The predicted molar refractivity (Wildman–Crippen MR) is 106 cm³/mol. The highest BCUT2D eigenvalue weighted by Crippen LogP contribution is 2.27. The number of anilines is 1. The number of aromatic nitrogens is 3. The standard InChI is InChI=1S/C18H15ClF3N5O3S/c1-18(21,22)17-24-9-27(26-17)14-5-3-12(8-15(14)31(23,29)30)25-16(28)7-10-6-11(20)2-4-13(10)19/h2-6,8-9H,7H2,1H3,(H,25,28)(H2,23,29,30). The topological polar surface area (TPSA) is 120 Å². The molecule has 1 amide bonds. The highest BCUT2D eigenvalue weighted by Gasteiger charge is 2.30. The van der Waals surface area contributed by atoms with E-state index >= 15 is 0 Å². The monoisotopic (exact) mass is 473 g/mol. The molecule has 0 saturated heterocycles. The van der Waals surface area contributed by atoms with E-state index in [2.05, 4.69) is 15.4 Å². The lowest BCUT2D eigenvalue weighted by Crippen LogP contribution is -2.18. The minimum atomic E-state index is -4.34. The molecule has 0 aliphatic carbocycles. The Morgan fingerprint density at radius 3 is 2.58 bits per heavy atom. The molecule has 31 heavy (non-hydrogen) atoms. The average molecular weight is 474 g/mol. The molecule has 0 aliphatic heterocycles. The summed E-state index contributed by atoms with van der Waals surface area (Å²) in [6.45, 7) is 0.594. The van der Waals surface area contributed by atoms with Crippen LogP contribution in [0.15, 0.2) is 47.6 Å². The summed E-state index contributed by atoms with van der Waals surface area (Å²) < 4.78 is 65.1. The molecule has 1 aromatic heterocycles. The maximum absolute atomic E-state index is 13.4. The molecule has 0 bridgehead atoms. The van der Waals surface area contributed by atoms with Crippen molar-refractivity contribution in [3.05, 3.63) is 65.0 Å². The van der Waals surface area contributed by atoms with E-state index in [0.717, 1.165) is 29.2 Å². The van der Waals surface area contributed by atoms with Crippen LogP contribution in [0.3, 0.4) is 0 Å². The Morgan fingerprint density at radius 1 is 1.26 bits per heavy atom. The fourth-order valence-corrected chi connectivity index (χ4v) is 3.57. The molecule has 0 aliphatic rings. The lowest BCUT2D eigenvalue weighted by Gasteiger charge is -2.12. The van der Waals surface area contributed by atoms with Crippen molar-refractivity contribution in [2.45, 2.75) is 24.2 Å². The van der Waals surface area contributed by atoms with E-state index in [0.29, 0.717) is 6.92 Å². The molecule has 8 nitrogen and oxygen atoms in total. The van der Waals surface area contributed by atoms with Crippen molar-refractivity contribution < 1.29 is 26.4 Å². The van der Waals surface area contributed by atoms with Crippen molar-refractivity contribution in [3.63, 3.8) is 0 Å². The second-order valence-corrected chi connectivity index (χ2v) is 8.53. The molecular formula is C18H15ClF3N5O3S. The number of nitrogens with zero attached hydrogens (tertiary/aromatic N) is 3. The number of alkyl halides is 2. The van der Waals surface area contributed by atoms with Crippen molar-refractivity contribution in [1.82, 2.24) is 14.8 Å². The summed E-state index contributed by atoms with van der Waals surface area (Å²) in [7, 11) is -4.34. The summed E-state index contributed by atoms with van der Waals surface area (Å²) in [4.78, 5) is 15.3. The Labute approximate surface area is 179 Å². The zero-order chi connectivity index (χ0) is 23.0. The number of nitrogens with two attached hydrogens (primary N) is 1. The van der Waals surface area contributed by atoms with Crippen molar-refractivity contribution in [2.24, 2.45) is 5.14 Å². The summed E-state index contributed by atoms with van der Waals surface area (Å²) in [6, 6.07) is 7.13. The fourth-order valence-electron chi connectivity index (χ4n) is 2.65. The van der Waals surface area contributed by atoms with E-state index in [4.69, 9.17) is 16.7 Å². The second kappa shape index (κ2) is 8.29. The van der Waals surface area contributed by atoms with Crippen LogP contribution in [-0.2, 0) is 27.2 Å². The van der Waals surface area contributed by atoms with Crippen LogP contribution in [-0.4, -0.2) is 29.1 Å². The number of sulfonamides is 1. The van der Waals surface area contributed by atoms with E-state index in [1.807, 2.05) is 0 Å². The van der Waals surface area contributed by atoms with Gasteiger partial charge in [0.05, 0.1) is 12.1 Å². The van der Waals surface area contributed by atoms with Crippen molar-refractivity contribution in [1.29, 1.82) is 0 Å². The second-order valence-electron chi connectivity index (χ2n) is 6.59. The molecule has 0 atom stereocenters. The number of hydrogen-bond acceptors (Lipinski definition) is 5. The predicted octanol–water partition coefficient (Wildman–Crippen LogP) is 3.00. The minimum Gasteiger partial charge on any atom is -0.326 e. The zero-order valence-electron chi connectivity index (χ0n) is 15.8. The van der Waals surface area contributed by atoms with Gasteiger partial charge in [-0.1, -0.05) is 11.6 Å². The number of hydrogen-bond donors (Lipinski definition) is 2. The molecule has 13 heteroatoms. The van der Waals surface area contributed by atoms with Crippen molar-refractivity contribution in [2.75, 3.05) is 5.32 Å². The van der Waals surface area contributed by atoms with E-state index in [9.17, 15) is 26.4 Å². The lowest BCUT2D eigenvalue weighted by molar-refractivity contribution is -0.115. The molecule has 0 fully saturated rings. The Balaban J connectivity index is 1.91. The van der Waals surface area contributed by atoms with E-state index in [1.54, 1.807) is 0 Å². The van der Waals surface area contributed by atoms with Crippen LogP contribution < -0.4 is 10.5 Å². The van der Waals surface area contributed by atoms with E-state index in [-0.39, 0.29) is 28.4 Å². The molecule has 3 aromatic rings. The van der Waals surface area contributed by atoms with Crippen LogP contribution in [0, 0.1) is 5.82 Å². The van der Waals surface area contributed by atoms with Crippen molar-refractivity contribution >= 4 is 33.2 Å². The zero-order valence-corrected chi connectivity index (χ0v) is 17.4. The van der Waals surface area contributed by atoms with Gasteiger partial charge in [0.1, 0.15) is 17.0 Å². The maximum atomic E-state index is 13.4. The van der Waals surface area contributed by atoms with Crippen LogP contribution in [0.5, 0.6) is 0 Å². The van der Waals surface area contributed by atoms with Crippen LogP contribution in [0.4, 0.5) is 18.9 Å². The fraction of sp³-hybridized carbons (Fsp3) is 0.167. The normalized spacial score (nSPS) is 12.1. The Bertz CT molecular complexity index is 1260. The molecule has 1 heterocycles. The number of primary sulfonamides is 1. The molecule has 3 N–H and O–H groups in total. The summed E-state index contributed by atoms with van der Waals surface area (Å²) in [5, 5.41) is 11.5. The van der Waals surface area contributed by atoms with Gasteiger partial charge in [-0.3, -0.25) is 4.79 Å². The van der Waals surface area contributed by atoms with Gasteiger partial charge in [-0.05, 0) is 42.0 Å². The van der Waals surface area contributed by atoms with E-state index in [1.165, 1.54) is 18.2 Å². The average Bonchev–Trinajstić information content (AvgIpc) is 3.14. The van der Waals surface area contributed by atoms with Crippen LogP contribution in [0.1, 0.15) is 18.3 Å². The van der Waals surface area contributed by atoms with Crippen molar-refractivity contribution in [3.8, 4) is 5.69 Å². The minimum absolute atomic E-state index is 0.0476. The van der Waals surface area contributed by atoms with Gasteiger partial charge in [0.25, 0.3) is 0 Å². The first-order valence-electron chi connectivity index (χ1n) is 8.55. The van der Waals surface area contributed by atoms with Gasteiger partial charge in [0, 0.05) is 17.6 Å². The third kappa shape index (κ3) is 5.40. The first-order chi connectivity index (χ1) is 14.3. The summed E-state index contributed by atoms with van der Waals surface area (Å²) in [5.74, 6) is -5.32. The van der Waals surface area contributed by atoms with Gasteiger partial charge in [-0.2, -0.15) is 8.78 Å². The van der Waals surface area contributed by atoms with Crippen LogP contribution >= 0.6 is 11.6 Å². The maximum Gasteiger partial charge on any atom is 0.305 e. The van der Waals surface area contributed by atoms with E-state index < -0.39 is 38.4 Å². The van der Waals surface area contributed by atoms with Gasteiger partial charge < -0.3 is 5.32 Å². The molecule has 0 saturated carbocycles. The summed E-state index contributed by atoms with van der Waals surface area (Å²) >= 11 is 5.94. The molecule has 0 unspecified atom stereocenters. The number of carbonyl (C=O) groups excluding carboxylic acids is 1. The molecule has 164 valence electrons. The third-order valence-electron chi connectivity index (χ3n) is 4.04. The number of halogens is 4. The molecule has 0 spiro atoms. The Kier molecular flexibility index (Phi) is 6.07. The Morgan fingerprint density at radius 2 is 1.97 bits per heavy atom. The number of carbonyl (C=O) groups is 1. The Hall–Kier alpha value is -2.96. The highest BCUT2D eigenvalue weighted by atomic mass is 35.5. The first kappa shape index (κ1) is 22.7. The molecule has 3 rings (SSSR count). The largest absolute Gasteiger partial charge is 0.326 e. The van der Waals surface area contributed by atoms with Gasteiger partial charge in [0.15, 0.2) is 0 Å². The summed E-state index contributed by atoms with van der Waals surface area (Å²) in [5.41, 5.74) is 0.140. The number of nitrogens with one attached hydrogen (secondary N) is 1. The third-order valence-corrected chi connectivity index (χ3v) is 5.35. The van der Waals surface area contributed by atoms with Gasteiger partial charge >= 0.3 is 5.92 Å². The number of benzene rings is 2. The lowest BCUT2D eigenvalue weighted by atomic mass is 10.1. The SMILES string of the molecule is CC(F)(F)c1ncn(-c2ccc(NC(=O)Cc3cc(F)ccc3Cl)cc2S(N)(=O)=O)n1. The molecular weight excluding hydrogens is 459 g/mol. The smallest absolute Gasteiger partial charge is 0.305 e. The van der Waals surface area contributed by atoms with Crippen LogP contribution in [0.2, 0.25) is 5.02 Å². The van der Waals surface area contributed by atoms with Gasteiger partial charge in [-0.25, -0.2) is 27.6 Å². The number of rotatable bonds is 6. The molecule has 2 aromatic carbocycles. The van der Waals surface area contributed by atoms with Gasteiger partial charge in [0.2, 0.25) is 21.8 Å². The highest BCUT2D eigenvalue weighted by molar-refractivity contribution is 7.89. The van der Waals surface area contributed by atoms with Crippen LogP contribution in [0.25, 0.3) is 5.69 Å². The first-order valence-corrected chi connectivity index (χ1v) is 10.5.